The Morgan fingerprint density at radius 2 is 2.10 bits per heavy atom. The van der Waals surface area contributed by atoms with Crippen molar-refractivity contribution in [2.24, 2.45) is 0 Å². The number of anilines is 1. The van der Waals surface area contributed by atoms with Gasteiger partial charge in [-0.15, -0.1) is 0 Å². The van der Waals surface area contributed by atoms with E-state index in [9.17, 15) is 9.50 Å². The highest BCUT2D eigenvalue weighted by atomic mass is 19.1. The second-order valence-corrected chi connectivity index (χ2v) is 5.46. The first-order valence-corrected chi connectivity index (χ1v) is 7.53. The van der Waals surface area contributed by atoms with Crippen molar-refractivity contribution in [3.63, 3.8) is 0 Å². The quantitative estimate of drug-likeness (QED) is 0.898. The number of hydrogen-bond acceptors (Lipinski definition) is 3. The summed E-state index contributed by atoms with van der Waals surface area (Å²) in [4.78, 5) is 4.50. The Morgan fingerprint density at radius 1 is 1.40 bits per heavy atom. The van der Waals surface area contributed by atoms with Gasteiger partial charge in [0.1, 0.15) is 5.82 Å². The van der Waals surface area contributed by atoms with Crippen LogP contribution in [0.4, 0.5) is 10.1 Å². The number of nitrogens with zero attached hydrogens (tertiary/aromatic N) is 2. The molecule has 1 aromatic rings. The van der Waals surface area contributed by atoms with Crippen molar-refractivity contribution in [3.8, 4) is 0 Å². The lowest BCUT2D eigenvalue weighted by Gasteiger charge is -2.28. The zero-order valence-electron chi connectivity index (χ0n) is 12.6. The normalized spacial score (nSPS) is 20.7. The smallest absolute Gasteiger partial charge is 0.146 e. The third kappa shape index (κ3) is 2.96. The summed E-state index contributed by atoms with van der Waals surface area (Å²) in [7, 11) is 0. The van der Waals surface area contributed by atoms with E-state index in [1.54, 1.807) is 13.0 Å². The minimum absolute atomic E-state index is 0.233. The van der Waals surface area contributed by atoms with E-state index in [1.807, 2.05) is 6.07 Å². The Balaban J connectivity index is 2.22. The monoisotopic (exact) mass is 280 g/mol. The highest BCUT2D eigenvalue weighted by Gasteiger charge is 2.29. The molecule has 1 aromatic carbocycles. The van der Waals surface area contributed by atoms with Gasteiger partial charge in [0.15, 0.2) is 0 Å². The molecule has 0 aromatic heterocycles. The van der Waals surface area contributed by atoms with E-state index in [1.165, 1.54) is 6.07 Å². The molecule has 0 bridgehead atoms. The van der Waals surface area contributed by atoms with Crippen molar-refractivity contribution in [3.05, 3.63) is 29.6 Å². The lowest BCUT2D eigenvalue weighted by molar-refractivity contribution is 0.199. The standard InChI is InChI=1S/C16H25FN2O/c1-4-18(5-2)13-9-10-19(11-13)16-14(12(3)20)7-6-8-15(16)17/h6-8,12-13,20H,4-5,9-11H2,1-3H3/t12-,13?/m0/s1. The summed E-state index contributed by atoms with van der Waals surface area (Å²) in [5.41, 5.74) is 1.27. The lowest BCUT2D eigenvalue weighted by atomic mass is 10.1. The van der Waals surface area contributed by atoms with Gasteiger partial charge in [0.05, 0.1) is 11.8 Å². The summed E-state index contributed by atoms with van der Waals surface area (Å²) in [5, 5.41) is 9.85. The zero-order valence-corrected chi connectivity index (χ0v) is 12.6. The first-order valence-electron chi connectivity index (χ1n) is 7.53. The maximum Gasteiger partial charge on any atom is 0.146 e. The maximum absolute atomic E-state index is 14.2. The molecule has 2 atom stereocenters. The molecule has 20 heavy (non-hydrogen) atoms. The molecule has 1 unspecified atom stereocenters. The molecule has 2 rings (SSSR count). The Hall–Kier alpha value is -1.13. The summed E-state index contributed by atoms with van der Waals surface area (Å²) < 4.78 is 14.2. The number of aliphatic hydroxyl groups excluding tert-OH is 1. The molecule has 0 aliphatic carbocycles. The van der Waals surface area contributed by atoms with Crippen molar-refractivity contribution in [2.75, 3.05) is 31.1 Å². The van der Waals surface area contributed by atoms with Gasteiger partial charge in [-0.3, -0.25) is 4.90 Å². The third-order valence-corrected chi connectivity index (χ3v) is 4.28. The summed E-state index contributed by atoms with van der Waals surface area (Å²) in [6.45, 7) is 9.75. The van der Waals surface area contributed by atoms with Gasteiger partial charge in [-0.05, 0) is 32.5 Å². The second kappa shape index (κ2) is 6.55. The van der Waals surface area contributed by atoms with E-state index in [2.05, 4.69) is 23.6 Å². The van der Waals surface area contributed by atoms with Crippen molar-refractivity contribution in [1.29, 1.82) is 0 Å². The lowest BCUT2D eigenvalue weighted by Crippen LogP contribution is -2.37. The van der Waals surface area contributed by atoms with Gasteiger partial charge in [-0.1, -0.05) is 26.0 Å². The summed E-state index contributed by atoms with van der Waals surface area (Å²) in [6.07, 6.45) is 0.406. The third-order valence-electron chi connectivity index (χ3n) is 4.28. The van der Waals surface area contributed by atoms with Crippen molar-refractivity contribution in [1.82, 2.24) is 4.90 Å². The van der Waals surface area contributed by atoms with Crippen LogP contribution in [0.2, 0.25) is 0 Å². The molecule has 0 saturated carbocycles. The van der Waals surface area contributed by atoms with E-state index in [4.69, 9.17) is 0 Å². The van der Waals surface area contributed by atoms with Gasteiger partial charge in [-0.25, -0.2) is 4.39 Å². The molecule has 1 heterocycles. The number of para-hydroxylation sites is 1. The van der Waals surface area contributed by atoms with Crippen molar-refractivity contribution in [2.45, 2.75) is 39.3 Å². The number of benzene rings is 1. The number of hydrogen-bond donors (Lipinski definition) is 1. The SMILES string of the molecule is CCN(CC)C1CCN(c2c(F)cccc2[C@H](C)O)C1. The fraction of sp³-hybridized carbons (Fsp3) is 0.625. The van der Waals surface area contributed by atoms with Crippen LogP contribution in [0.5, 0.6) is 0 Å². The van der Waals surface area contributed by atoms with Crippen LogP contribution in [0.3, 0.4) is 0 Å². The van der Waals surface area contributed by atoms with Gasteiger partial charge in [0.2, 0.25) is 0 Å². The number of likely N-dealkylation sites (N-methyl/N-ethyl adjacent to an activating group) is 1. The molecular weight excluding hydrogens is 255 g/mol. The molecule has 4 heteroatoms. The summed E-state index contributed by atoms with van der Waals surface area (Å²) in [6, 6.07) is 5.44. The zero-order chi connectivity index (χ0) is 14.7. The van der Waals surface area contributed by atoms with E-state index in [-0.39, 0.29) is 5.82 Å². The van der Waals surface area contributed by atoms with Crippen LogP contribution in [0.25, 0.3) is 0 Å². The molecule has 112 valence electrons. The van der Waals surface area contributed by atoms with E-state index >= 15 is 0 Å². The highest BCUT2D eigenvalue weighted by molar-refractivity contribution is 5.56. The second-order valence-electron chi connectivity index (χ2n) is 5.46. The average molecular weight is 280 g/mol. The minimum Gasteiger partial charge on any atom is -0.389 e. The Labute approximate surface area is 121 Å². The van der Waals surface area contributed by atoms with Crippen LogP contribution in [0, 0.1) is 5.82 Å². The fourth-order valence-corrected chi connectivity index (χ4v) is 3.19. The molecule has 0 amide bonds. The van der Waals surface area contributed by atoms with Gasteiger partial charge >= 0.3 is 0 Å². The van der Waals surface area contributed by atoms with Gasteiger partial charge in [0, 0.05) is 24.7 Å². The van der Waals surface area contributed by atoms with Crippen LogP contribution < -0.4 is 4.90 Å². The Morgan fingerprint density at radius 3 is 2.70 bits per heavy atom. The van der Waals surface area contributed by atoms with Gasteiger partial charge < -0.3 is 10.0 Å². The van der Waals surface area contributed by atoms with E-state index < -0.39 is 6.10 Å². The molecule has 1 N–H and O–H groups in total. The predicted octanol–water partition coefficient (Wildman–Crippen LogP) is 2.80. The van der Waals surface area contributed by atoms with Crippen LogP contribution in [0.1, 0.15) is 38.9 Å². The van der Waals surface area contributed by atoms with E-state index in [0.717, 1.165) is 32.6 Å². The largest absolute Gasteiger partial charge is 0.389 e. The number of rotatable bonds is 5. The van der Waals surface area contributed by atoms with Gasteiger partial charge in [-0.2, -0.15) is 0 Å². The first-order chi connectivity index (χ1) is 9.58. The maximum atomic E-state index is 14.2. The molecule has 1 aliphatic heterocycles. The Kier molecular flexibility index (Phi) is 5.00. The molecular formula is C16H25FN2O. The average Bonchev–Trinajstić information content (AvgIpc) is 2.89. The molecule has 1 saturated heterocycles. The van der Waals surface area contributed by atoms with Crippen molar-refractivity contribution >= 4 is 5.69 Å². The molecule has 3 nitrogen and oxygen atoms in total. The molecule has 1 fully saturated rings. The molecule has 0 radical (unpaired) electrons. The number of aliphatic hydroxyl groups is 1. The predicted molar refractivity (Wildman–Crippen MR) is 80.6 cm³/mol. The highest BCUT2D eigenvalue weighted by Crippen LogP contribution is 2.32. The Bertz CT molecular complexity index is 446. The first kappa shape index (κ1) is 15.3. The van der Waals surface area contributed by atoms with E-state index in [0.29, 0.717) is 17.3 Å². The van der Waals surface area contributed by atoms with Crippen LogP contribution in [-0.4, -0.2) is 42.2 Å². The fourth-order valence-electron chi connectivity index (χ4n) is 3.19. The van der Waals surface area contributed by atoms with Crippen LogP contribution >= 0.6 is 0 Å². The minimum atomic E-state index is -0.645. The molecule has 1 aliphatic rings. The van der Waals surface area contributed by atoms with Crippen molar-refractivity contribution < 1.29 is 9.50 Å². The summed E-state index contributed by atoms with van der Waals surface area (Å²) in [5.74, 6) is -0.233. The number of halogens is 1. The topological polar surface area (TPSA) is 26.7 Å². The molecule has 0 spiro atoms. The van der Waals surface area contributed by atoms with Gasteiger partial charge in [0.25, 0.3) is 0 Å². The van der Waals surface area contributed by atoms with Crippen LogP contribution in [-0.2, 0) is 0 Å². The summed E-state index contributed by atoms with van der Waals surface area (Å²) >= 11 is 0. The van der Waals surface area contributed by atoms with Crippen LogP contribution in [0.15, 0.2) is 18.2 Å².